The average molecular weight is 215 g/mol. The Morgan fingerprint density at radius 1 is 1.19 bits per heavy atom. The molecule has 2 heterocycles. The van der Waals surface area contributed by atoms with Crippen LogP contribution in [0.25, 0.3) is 0 Å². The predicted molar refractivity (Wildman–Crippen MR) is 61.7 cm³/mol. The summed E-state index contributed by atoms with van der Waals surface area (Å²) in [4.78, 5) is 7.90. The van der Waals surface area contributed by atoms with Crippen LogP contribution in [0.1, 0.15) is 22.8 Å². The van der Waals surface area contributed by atoms with Crippen LogP contribution in [0.4, 0.5) is 5.82 Å². The van der Waals surface area contributed by atoms with Crippen LogP contribution in [-0.2, 0) is 0 Å². The SMILES string of the molecule is Cc1ccnc(N)c1C(O)c1ccncc1. The Hall–Kier alpha value is -1.94. The van der Waals surface area contributed by atoms with Gasteiger partial charge in [-0.1, -0.05) is 0 Å². The smallest absolute Gasteiger partial charge is 0.129 e. The van der Waals surface area contributed by atoms with Gasteiger partial charge in [-0.15, -0.1) is 0 Å². The van der Waals surface area contributed by atoms with Crippen LogP contribution in [0, 0.1) is 6.92 Å². The van der Waals surface area contributed by atoms with Gasteiger partial charge in [0, 0.05) is 24.2 Å². The number of nitrogen functional groups attached to an aromatic ring is 1. The molecule has 1 atom stereocenters. The average Bonchev–Trinajstić information content (AvgIpc) is 2.30. The Bertz CT molecular complexity index is 465. The van der Waals surface area contributed by atoms with Crippen molar-refractivity contribution in [1.82, 2.24) is 9.97 Å². The van der Waals surface area contributed by atoms with Gasteiger partial charge in [-0.3, -0.25) is 4.98 Å². The lowest BCUT2D eigenvalue weighted by atomic mass is 9.99. The van der Waals surface area contributed by atoms with Gasteiger partial charge < -0.3 is 10.8 Å². The third kappa shape index (κ3) is 1.87. The minimum atomic E-state index is -0.753. The molecule has 0 aromatic carbocycles. The second-order valence-corrected chi connectivity index (χ2v) is 3.61. The topological polar surface area (TPSA) is 72.0 Å². The number of aliphatic hydroxyl groups is 1. The van der Waals surface area contributed by atoms with E-state index in [0.29, 0.717) is 11.4 Å². The molecule has 0 aliphatic heterocycles. The summed E-state index contributed by atoms with van der Waals surface area (Å²) in [5.41, 5.74) is 8.12. The maximum Gasteiger partial charge on any atom is 0.129 e. The van der Waals surface area contributed by atoms with Gasteiger partial charge >= 0.3 is 0 Å². The molecule has 0 aliphatic rings. The van der Waals surface area contributed by atoms with E-state index in [2.05, 4.69) is 9.97 Å². The van der Waals surface area contributed by atoms with E-state index in [1.807, 2.05) is 13.0 Å². The first-order chi connectivity index (χ1) is 7.70. The van der Waals surface area contributed by atoms with Gasteiger partial charge in [-0.05, 0) is 36.2 Å². The van der Waals surface area contributed by atoms with Crippen LogP contribution in [-0.4, -0.2) is 15.1 Å². The van der Waals surface area contributed by atoms with Crippen LogP contribution < -0.4 is 5.73 Å². The van der Waals surface area contributed by atoms with E-state index in [1.165, 1.54) is 0 Å². The molecule has 4 heteroatoms. The van der Waals surface area contributed by atoms with E-state index < -0.39 is 6.10 Å². The fourth-order valence-electron chi connectivity index (χ4n) is 1.66. The highest BCUT2D eigenvalue weighted by molar-refractivity contribution is 5.48. The molecule has 0 bridgehead atoms. The number of hydrogen-bond donors (Lipinski definition) is 2. The standard InChI is InChI=1S/C12H13N3O/c1-8-2-7-15-12(13)10(8)11(16)9-3-5-14-6-4-9/h2-7,11,16H,1H3,(H2,13,15). The van der Waals surface area contributed by atoms with Crippen molar-refractivity contribution >= 4 is 5.82 Å². The first-order valence-electron chi connectivity index (χ1n) is 4.99. The number of rotatable bonds is 2. The summed E-state index contributed by atoms with van der Waals surface area (Å²) in [6.07, 6.45) is 4.16. The number of nitrogens with zero attached hydrogens (tertiary/aromatic N) is 2. The molecule has 0 saturated carbocycles. The lowest BCUT2D eigenvalue weighted by molar-refractivity contribution is 0.220. The number of aryl methyl sites for hydroxylation is 1. The maximum absolute atomic E-state index is 10.2. The van der Waals surface area contributed by atoms with Gasteiger partial charge in [0.15, 0.2) is 0 Å². The van der Waals surface area contributed by atoms with Gasteiger partial charge in [0.2, 0.25) is 0 Å². The second kappa shape index (κ2) is 4.28. The molecule has 16 heavy (non-hydrogen) atoms. The highest BCUT2D eigenvalue weighted by Gasteiger charge is 2.16. The van der Waals surface area contributed by atoms with E-state index in [4.69, 9.17) is 5.73 Å². The van der Waals surface area contributed by atoms with Crippen LogP contribution in [0.15, 0.2) is 36.8 Å². The van der Waals surface area contributed by atoms with E-state index in [-0.39, 0.29) is 0 Å². The molecule has 1 unspecified atom stereocenters. The van der Waals surface area contributed by atoms with Crippen molar-refractivity contribution in [1.29, 1.82) is 0 Å². The van der Waals surface area contributed by atoms with E-state index in [1.54, 1.807) is 30.7 Å². The Morgan fingerprint density at radius 3 is 2.50 bits per heavy atom. The molecule has 82 valence electrons. The zero-order chi connectivity index (χ0) is 11.5. The number of pyridine rings is 2. The quantitative estimate of drug-likeness (QED) is 0.795. The fourth-order valence-corrected chi connectivity index (χ4v) is 1.66. The van der Waals surface area contributed by atoms with Gasteiger partial charge in [0.1, 0.15) is 11.9 Å². The molecule has 4 nitrogen and oxygen atoms in total. The number of nitrogens with two attached hydrogens (primary N) is 1. The number of hydrogen-bond acceptors (Lipinski definition) is 4. The van der Waals surface area contributed by atoms with Gasteiger partial charge in [-0.25, -0.2) is 4.98 Å². The fraction of sp³-hybridized carbons (Fsp3) is 0.167. The highest BCUT2D eigenvalue weighted by Crippen LogP contribution is 2.27. The highest BCUT2D eigenvalue weighted by atomic mass is 16.3. The Labute approximate surface area is 93.8 Å². The van der Waals surface area contributed by atoms with E-state index >= 15 is 0 Å². The normalized spacial score (nSPS) is 12.4. The van der Waals surface area contributed by atoms with Crippen molar-refractivity contribution in [2.24, 2.45) is 0 Å². The molecule has 2 aromatic heterocycles. The number of anilines is 1. The zero-order valence-electron chi connectivity index (χ0n) is 8.96. The van der Waals surface area contributed by atoms with E-state index in [0.717, 1.165) is 11.1 Å². The second-order valence-electron chi connectivity index (χ2n) is 3.61. The first-order valence-corrected chi connectivity index (χ1v) is 4.99. The summed E-state index contributed by atoms with van der Waals surface area (Å²) >= 11 is 0. The summed E-state index contributed by atoms with van der Waals surface area (Å²) in [5, 5.41) is 10.2. The van der Waals surface area contributed by atoms with Crippen molar-refractivity contribution in [3.05, 3.63) is 53.5 Å². The molecule has 0 saturated heterocycles. The lowest BCUT2D eigenvalue weighted by Crippen LogP contribution is -2.07. The lowest BCUT2D eigenvalue weighted by Gasteiger charge is -2.15. The molecule has 3 N–H and O–H groups in total. The molecule has 2 rings (SSSR count). The minimum absolute atomic E-state index is 0.365. The largest absolute Gasteiger partial charge is 0.384 e. The molecule has 0 aliphatic carbocycles. The van der Waals surface area contributed by atoms with E-state index in [9.17, 15) is 5.11 Å². The van der Waals surface area contributed by atoms with Crippen LogP contribution in [0.3, 0.4) is 0 Å². The predicted octanol–water partition coefficient (Wildman–Crippen LogP) is 1.45. The molecule has 2 aromatic rings. The van der Waals surface area contributed by atoms with Crippen molar-refractivity contribution < 1.29 is 5.11 Å². The van der Waals surface area contributed by atoms with Crippen molar-refractivity contribution in [3.63, 3.8) is 0 Å². The molecule has 0 spiro atoms. The van der Waals surface area contributed by atoms with Gasteiger partial charge in [0.25, 0.3) is 0 Å². The Morgan fingerprint density at radius 2 is 1.88 bits per heavy atom. The summed E-state index contributed by atoms with van der Waals surface area (Å²) in [5.74, 6) is 0.365. The van der Waals surface area contributed by atoms with Gasteiger partial charge in [0.05, 0.1) is 0 Å². The molecular formula is C12H13N3O. The summed E-state index contributed by atoms with van der Waals surface area (Å²) in [7, 11) is 0. The summed E-state index contributed by atoms with van der Waals surface area (Å²) < 4.78 is 0. The maximum atomic E-state index is 10.2. The Balaban J connectivity index is 2.46. The van der Waals surface area contributed by atoms with Crippen LogP contribution in [0.2, 0.25) is 0 Å². The molecular weight excluding hydrogens is 202 g/mol. The van der Waals surface area contributed by atoms with Crippen LogP contribution in [0.5, 0.6) is 0 Å². The monoisotopic (exact) mass is 215 g/mol. The van der Waals surface area contributed by atoms with Crippen molar-refractivity contribution in [3.8, 4) is 0 Å². The molecule has 0 radical (unpaired) electrons. The third-order valence-corrected chi connectivity index (χ3v) is 2.53. The Kier molecular flexibility index (Phi) is 2.83. The summed E-state index contributed by atoms with van der Waals surface area (Å²) in [6.45, 7) is 1.90. The van der Waals surface area contributed by atoms with Crippen molar-refractivity contribution in [2.45, 2.75) is 13.0 Å². The minimum Gasteiger partial charge on any atom is -0.384 e. The number of aromatic nitrogens is 2. The third-order valence-electron chi connectivity index (χ3n) is 2.53. The first kappa shape index (κ1) is 10.6. The molecule has 0 amide bonds. The molecule has 0 fully saturated rings. The zero-order valence-corrected chi connectivity index (χ0v) is 8.96. The van der Waals surface area contributed by atoms with Crippen LogP contribution >= 0.6 is 0 Å². The van der Waals surface area contributed by atoms with Gasteiger partial charge in [-0.2, -0.15) is 0 Å². The number of aliphatic hydroxyl groups excluding tert-OH is 1. The summed E-state index contributed by atoms with van der Waals surface area (Å²) in [6, 6.07) is 5.35. The van der Waals surface area contributed by atoms with Crippen molar-refractivity contribution in [2.75, 3.05) is 5.73 Å².